The standard InChI is InChI=1S/C20H22N2O4/c1-22-19(14-10-17(24-3)20(26-5)18(11-14)25-4)16(12-21-22)13-6-8-15(23-2)9-7-13/h6-12H,1-5H3. The SMILES string of the molecule is COc1ccc(-c2cnn(C)c2-c2cc(OC)c(OC)c(OC)c2)cc1. The van der Waals surface area contributed by atoms with Crippen LogP contribution in [0, 0.1) is 0 Å². The van der Waals surface area contributed by atoms with E-state index in [1.807, 2.05) is 54.3 Å². The van der Waals surface area contributed by atoms with Crippen molar-refractivity contribution in [1.82, 2.24) is 9.78 Å². The van der Waals surface area contributed by atoms with Crippen molar-refractivity contribution in [3.63, 3.8) is 0 Å². The maximum absolute atomic E-state index is 5.48. The highest BCUT2D eigenvalue weighted by Crippen LogP contribution is 2.43. The van der Waals surface area contributed by atoms with Crippen molar-refractivity contribution in [2.45, 2.75) is 0 Å². The first kappa shape index (κ1) is 17.7. The highest BCUT2D eigenvalue weighted by molar-refractivity contribution is 5.83. The normalized spacial score (nSPS) is 10.5. The Morgan fingerprint density at radius 2 is 1.38 bits per heavy atom. The van der Waals surface area contributed by atoms with Gasteiger partial charge in [0.25, 0.3) is 0 Å². The Bertz CT molecular complexity index is 876. The third-order valence-corrected chi connectivity index (χ3v) is 4.28. The topological polar surface area (TPSA) is 54.7 Å². The van der Waals surface area contributed by atoms with Crippen LogP contribution in [0.1, 0.15) is 0 Å². The third-order valence-electron chi connectivity index (χ3n) is 4.28. The quantitative estimate of drug-likeness (QED) is 0.674. The van der Waals surface area contributed by atoms with Crippen molar-refractivity contribution in [1.29, 1.82) is 0 Å². The van der Waals surface area contributed by atoms with Crippen molar-refractivity contribution < 1.29 is 18.9 Å². The van der Waals surface area contributed by atoms with Crippen LogP contribution < -0.4 is 18.9 Å². The number of aryl methyl sites for hydroxylation is 1. The summed E-state index contributed by atoms with van der Waals surface area (Å²) in [7, 11) is 8.36. The Morgan fingerprint density at radius 3 is 1.88 bits per heavy atom. The van der Waals surface area contributed by atoms with Crippen LogP contribution in [0.25, 0.3) is 22.4 Å². The Labute approximate surface area is 152 Å². The van der Waals surface area contributed by atoms with Gasteiger partial charge in [-0.15, -0.1) is 0 Å². The second kappa shape index (κ2) is 7.39. The molecule has 0 bridgehead atoms. The first-order valence-corrected chi connectivity index (χ1v) is 8.09. The Morgan fingerprint density at radius 1 is 0.769 bits per heavy atom. The zero-order valence-electron chi connectivity index (χ0n) is 15.6. The van der Waals surface area contributed by atoms with E-state index in [1.54, 1.807) is 28.4 Å². The summed E-state index contributed by atoms with van der Waals surface area (Å²) in [4.78, 5) is 0. The van der Waals surface area contributed by atoms with E-state index >= 15 is 0 Å². The van der Waals surface area contributed by atoms with Crippen LogP contribution in [0.5, 0.6) is 23.0 Å². The summed E-state index contributed by atoms with van der Waals surface area (Å²) in [6.45, 7) is 0. The lowest BCUT2D eigenvalue weighted by molar-refractivity contribution is 0.324. The predicted octanol–water partition coefficient (Wildman–Crippen LogP) is 3.79. The first-order chi connectivity index (χ1) is 12.6. The lowest BCUT2D eigenvalue weighted by atomic mass is 10.0. The van der Waals surface area contributed by atoms with Crippen LogP contribution in [-0.4, -0.2) is 38.2 Å². The van der Waals surface area contributed by atoms with E-state index in [-0.39, 0.29) is 0 Å². The summed E-state index contributed by atoms with van der Waals surface area (Å²) in [5.74, 6) is 2.58. The molecular formula is C20H22N2O4. The molecule has 136 valence electrons. The van der Waals surface area contributed by atoms with Crippen LogP contribution in [0.4, 0.5) is 0 Å². The van der Waals surface area contributed by atoms with E-state index in [4.69, 9.17) is 18.9 Å². The molecule has 0 aliphatic carbocycles. The molecule has 1 heterocycles. The second-order valence-electron chi connectivity index (χ2n) is 5.67. The molecule has 1 aromatic heterocycles. The van der Waals surface area contributed by atoms with E-state index in [2.05, 4.69) is 5.10 Å². The van der Waals surface area contributed by atoms with E-state index in [1.165, 1.54) is 0 Å². The molecule has 3 rings (SSSR count). The molecule has 0 aliphatic heterocycles. The molecular weight excluding hydrogens is 332 g/mol. The van der Waals surface area contributed by atoms with Crippen LogP contribution in [0.3, 0.4) is 0 Å². The fraction of sp³-hybridized carbons (Fsp3) is 0.250. The molecule has 0 aliphatic rings. The number of aromatic nitrogens is 2. The lowest BCUT2D eigenvalue weighted by Gasteiger charge is -2.15. The van der Waals surface area contributed by atoms with Crippen LogP contribution >= 0.6 is 0 Å². The number of nitrogens with zero attached hydrogens (tertiary/aromatic N) is 2. The molecule has 0 atom stereocenters. The Kier molecular flexibility index (Phi) is 5.02. The fourth-order valence-corrected chi connectivity index (χ4v) is 2.98. The van der Waals surface area contributed by atoms with Crippen LogP contribution in [0.15, 0.2) is 42.6 Å². The van der Waals surface area contributed by atoms with Gasteiger partial charge in [-0.1, -0.05) is 12.1 Å². The molecule has 0 unspecified atom stereocenters. The molecule has 0 amide bonds. The number of ether oxygens (including phenoxy) is 4. The van der Waals surface area contributed by atoms with E-state index in [9.17, 15) is 0 Å². The minimum atomic E-state index is 0.562. The van der Waals surface area contributed by atoms with Gasteiger partial charge in [0.1, 0.15) is 5.75 Å². The fourth-order valence-electron chi connectivity index (χ4n) is 2.98. The zero-order valence-corrected chi connectivity index (χ0v) is 15.6. The van der Waals surface area contributed by atoms with Gasteiger partial charge in [-0.3, -0.25) is 4.68 Å². The van der Waals surface area contributed by atoms with Crippen molar-refractivity contribution in [3.8, 4) is 45.4 Å². The van der Waals surface area contributed by atoms with Crippen LogP contribution in [-0.2, 0) is 7.05 Å². The molecule has 0 fully saturated rings. The number of benzene rings is 2. The summed E-state index contributed by atoms with van der Waals surface area (Å²) in [6.07, 6.45) is 1.85. The molecule has 6 nitrogen and oxygen atoms in total. The van der Waals surface area contributed by atoms with Gasteiger partial charge in [0.15, 0.2) is 11.5 Å². The molecule has 0 N–H and O–H groups in total. The zero-order chi connectivity index (χ0) is 18.7. The van der Waals surface area contributed by atoms with Gasteiger partial charge < -0.3 is 18.9 Å². The molecule has 2 aromatic carbocycles. The largest absolute Gasteiger partial charge is 0.497 e. The minimum absolute atomic E-state index is 0.562. The molecule has 26 heavy (non-hydrogen) atoms. The molecule has 0 spiro atoms. The van der Waals surface area contributed by atoms with Gasteiger partial charge in [-0.25, -0.2) is 0 Å². The van der Waals surface area contributed by atoms with E-state index < -0.39 is 0 Å². The van der Waals surface area contributed by atoms with Crippen molar-refractivity contribution >= 4 is 0 Å². The van der Waals surface area contributed by atoms with Crippen molar-refractivity contribution in [2.75, 3.05) is 28.4 Å². The smallest absolute Gasteiger partial charge is 0.203 e. The van der Waals surface area contributed by atoms with Gasteiger partial charge in [-0.05, 0) is 29.8 Å². The van der Waals surface area contributed by atoms with E-state index in [0.717, 1.165) is 28.1 Å². The maximum Gasteiger partial charge on any atom is 0.203 e. The van der Waals surface area contributed by atoms with Gasteiger partial charge in [-0.2, -0.15) is 5.10 Å². The number of hydrogen-bond donors (Lipinski definition) is 0. The van der Waals surface area contributed by atoms with Gasteiger partial charge >= 0.3 is 0 Å². The van der Waals surface area contributed by atoms with Gasteiger partial charge in [0, 0.05) is 18.2 Å². The molecule has 0 saturated carbocycles. The highest BCUT2D eigenvalue weighted by atomic mass is 16.5. The monoisotopic (exact) mass is 354 g/mol. The average Bonchev–Trinajstić information content (AvgIpc) is 3.08. The summed E-state index contributed by atoms with van der Waals surface area (Å²) in [5, 5.41) is 4.44. The summed E-state index contributed by atoms with van der Waals surface area (Å²) in [5.41, 5.74) is 3.92. The molecule has 0 saturated heterocycles. The number of hydrogen-bond acceptors (Lipinski definition) is 5. The first-order valence-electron chi connectivity index (χ1n) is 8.09. The second-order valence-corrected chi connectivity index (χ2v) is 5.67. The number of rotatable bonds is 6. The minimum Gasteiger partial charge on any atom is -0.497 e. The summed E-state index contributed by atoms with van der Waals surface area (Å²) >= 11 is 0. The lowest BCUT2D eigenvalue weighted by Crippen LogP contribution is -1.99. The Balaban J connectivity index is 2.17. The third kappa shape index (κ3) is 3.06. The predicted molar refractivity (Wildman–Crippen MR) is 100 cm³/mol. The maximum atomic E-state index is 5.48. The average molecular weight is 354 g/mol. The molecule has 0 radical (unpaired) electrons. The van der Waals surface area contributed by atoms with Gasteiger partial charge in [0.05, 0.1) is 40.3 Å². The molecule has 6 heteroatoms. The summed E-state index contributed by atoms with van der Waals surface area (Å²) in [6, 6.07) is 11.7. The number of methoxy groups -OCH3 is 4. The van der Waals surface area contributed by atoms with Gasteiger partial charge in [0.2, 0.25) is 5.75 Å². The van der Waals surface area contributed by atoms with Crippen molar-refractivity contribution in [3.05, 3.63) is 42.6 Å². The summed E-state index contributed by atoms with van der Waals surface area (Å²) < 4.78 is 23.5. The van der Waals surface area contributed by atoms with E-state index in [0.29, 0.717) is 17.2 Å². The Hall–Kier alpha value is -3.15. The molecule has 3 aromatic rings. The highest BCUT2D eigenvalue weighted by Gasteiger charge is 2.19. The van der Waals surface area contributed by atoms with Crippen molar-refractivity contribution in [2.24, 2.45) is 7.05 Å². The van der Waals surface area contributed by atoms with Crippen LogP contribution in [0.2, 0.25) is 0 Å².